The summed E-state index contributed by atoms with van der Waals surface area (Å²) >= 11 is 0. The fourth-order valence-electron chi connectivity index (χ4n) is 2.05. The SMILES string of the molecule is CCc1nnc(C)cc1C(O)Cc1ccc(F)cc1. The van der Waals surface area contributed by atoms with Crippen molar-refractivity contribution in [2.24, 2.45) is 0 Å². The Balaban J connectivity index is 2.21. The minimum Gasteiger partial charge on any atom is -0.388 e. The van der Waals surface area contributed by atoms with Crippen molar-refractivity contribution in [3.8, 4) is 0 Å². The Hall–Kier alpha value is -1.81. The molecule has 2 rings (SSSR count). The van der Waals surface area contributed by atoms with Gasteiger partial charge >= 0.3 is 0 Å². The van der Waals surface area contributed by atoms with Gasteiger partial charge in [-0.25, -0.2) is 4.39 Å². The standard InChI is InChI=1S/C15H17FN2O/c1-3-14-13(8-10(2)17-18-14)15(19)9-11-4-6-12(16)7-5-11/h4-8,15,19H,3,9H2,1-2H3. The first kappa shape index (κ1) is 13.6. The molecule has 4 heteroatoms. The highest BCUT2D eigenvalue weighted by Crippen LogP contribution is 2.21. The van der Waals surface area contributed by atoms with Crippen LogP contribution in [0.15, 0.2) is 30.3 Å². The molecule has 2 aromatic rings. The molecule has 100 valence electrons. The van der Waals surface area contributed by atoms with Crippen LogP contribution in [0.2, 0.25) is 0 Å². The summed E-state index contributed by atoms with van der Waals surface area (Å²) in [5.41, 5.74) is 3.29. The van der Waals surface area contributed by atoms with Crippen LogP contribution in [-0.4, -0.2) is 15.3 Å². The van der Waals surface area contributed by atoms with Crippen molar-refractivity contribution in [3.63, 3.8) is 0 Å². The second kappa shape index (κ2) is 5.89. The molecule has 0 aliphatic heterocycles. The van der Waals surface area contributed by atoms with Gasteiger partial charge in [-0.15, -0.1) is 0 Å². The third-order valence-electron chi connectivity index (χ3n) is 3.06. The maximum Gasteiger partial charge on any atom is 0.123 e. The molecule has 1 unspecified atom stereocenters. The molecule has 1 heterocycles. The molecule has 0 saturated heterocycles. The van der Waals surface area contributed by atoms with Crippen LogP contribution in [0, 0.1) is 12.7 Å². The van der Waals surface area contributed by atoms with Crippen LogP contribution in [-0.2, 0) is 12.8 Å². The molecule has 0 aliphatic rings. The van der Waals surface area contributed by atoms with Crippen molar-refractivity contribution >= 4 is 0 Å². The predicted octanol–water partition coefficient (Wildman–Crippen LogP) is 2.76. The first-order chi connectivity index (χ1) is 9.10. The van der Waals surface area contributed by atoms with Gasteiger partial charge in [0.05, 0.1) is 17.5 Å². The van der Waals surface area contributed by atoms with E-state index in [-0.39, 0.29) is 5.82 Å². The highest BCUT2D eigenvalue weighted by atomic mass is 19.1. The molecular weight excluding hydrogens is 243 g/mol. The van der Waals surface area contributed by atoms with E-state index in [9.17, 15) is 9.50 Å². The second-order valence-electron chi connectivity index (χ2n) is 4.59. The van der Waals surface area contributed by atoms with E-state index >= 15 is 0 Å². The Kier molecular flexibility index (Phi) is 4.22. The zero-order valence-electron chi connectivity index (χ0n) is 11.1. The number of aromatic nitrogens is 2. The topological polar surface area (TPSA) is 46.0 Å². The second-order valence-corrected chi connectivity index (χ2v) is 4.59. The number of aryl methyl sites for hydroxylation is 2. The Morgan fingerprint density at radius 2 is 1.89 bits per heavy atom. The first-order valence-corrected chi connectivity index (χ1v) is 6.35. The summed E-state index contributed by atoms with van der Waals surface area (Å²) < 4.78 is 12.8. The van der Waals surface area contributed by atoms with Gasteiger partial charge in [0.1, 0.15) is 5.82 Å². The molecule has 0 amide bonds. The minimum atomic E-state index is -0.644. The largest absolute Gasteiger partial charge is 0.388 e. The van der Waals surface area contributed by atoms with E-state index in [1.165, 1.54) is 12.1 Å². The molecule has 0 fully saturated rings. The van der Waals surface area contributed by atoms with Gasteiger partial charge in [-0.3, -0.25) is 0 Å². The summed E-state index contributed by atoms with van der Waals surface area (Å²) in [5.74, 6) is -0.270. The minimum absolute atomic E-state index is 0.270. The van der Waals surface area contributed by atoms with E-state index in [0.717, 1.165) is 28.9 Å². The van der Waals surface area contributed by atoms with E-state index in [4.69, 9.17) is 0 Å². The van der Waals surface area contributed by atoms with Gasteiger partial charge in [0.15, 0.2) is 0 Å². The number of halogens is 1. The normalized spacial score (nSPS) is 12.4. The molecule has 1 aromatic heterocycles. The molecule has 0 spiro atoms. The van der Waals surface area contributed by atoms with Crippen molar-refractivity contribution < 1.29 is 9.50 Å². The van der Waals surface area contributed by atoms with Gasteiger partial charge in [-0.2, -0.15) is 10.2 Å². The van der Waals surface area contributed by atoms with E-state index in [2.05, 4.69) is 10.2 Å². The van der Waals surface area contributed by atoms with Crippen LogP contribution < -0.4 is 0 Å². The van der Waals surface area contributed by atoms with Gasteiger partial charge in [0.25, 0.3) is 0 Å². The molecule has 3 nitrogen and oxygen atoms in total. The third kappa shape index (κ3) is 3.35. The van der Waals surface area contributed by atoms with Crippen LogP contribution in [0.25, 0.3) is 0 Å². The lowest BCUT2D eigenvalue weighted by Gasteiger charge is -2.14. The lowest BCUT2D eigenvalue weighted by Crippen LogP contribution is -2.08. The molecule has 0 bridgehead atoms. The average Bonchev–Trinajstić information content (AvgIpc) is 2.41. The quantitative estimate of drug-likeness (QED) is 0.919. The van der Waals surface area contributed by atoms with Crippen LogP contribution in [0.5, 0.6) is 0 Å². The summed E-state index contributed by atoms with van der Waals surface area (Å²) in [6, 6.07) is 8.04. The van der Waals surface area contributed by atoms with E-state index in [0.29, 0.717) is 6.42 Å². The number of hydrogen-bond donors (Lipinski definition) is 1. The lowest BCUT2D eigenvalue weighted by molar-refractivity contribution is 0.176. The van der Waals surface area contributed by atoms with E-state index in [1.54, 1.807) is 12.1 Å². The summed E-state index contributed by atoms with van der Waals surface area (Å²) in [5, 5.41) is 18.4. The summed E-state index contributed by atoms with van der Waals surface area (Å²) in [4.78, 5) is 0. The van der Waals surface area contributed by atoms with Gasteiger partial charge in [0.2, 0.25) is 0 Å². The molecule has 0 saturated carbocycles. The maximum absolute atomic E-state index is 12.8. The van der Waals surface area contributed by atoms with Crippen LogP contribution in [0.1, 0.15) is 35.5 Å². The third-order valence-corrected chi connectivity index (χ3v) is 3.06. The molecule has 0 aliphatic carbocycles. The van der Waals surface area contributed by atoms with Gasteiger partial charge in [0, 0.05) is 12.0 Å². The average molecular weight is 260 g/mol. The van der Waals surface area contributed by atoms with E-state index < -0.39 is 6.10 Å². The van der Waals surface area contributed by atoms with Crippen molar-refractivity contribution in [1.29, 1.82) is 0 Å². The number of nitrogens with zero attached hydrogens (tertiary/aromatic N) is 2. The molecule has 1 aromatic carbocycles. The maximum atomic E-state index is 12.8. The molecule has 1 N–H and O–H groups in total. The van der Waals surface area contributed by atoms with Crippen molar-refractivity contribution in [2.45, 2.75) is 32.8 Å². The fraction of sp³-hybridized carbons (Fsp3) is 0.333. The zero-order chi connectivity index (χ0) is 13.8. The summed E-state index contributed by atoms with van der Waals surface area (Å²) in [7, 11) is 0. The van der Waals surface area contributed by atoms with Gasteiger partial charge in [-0.05, 0) is 37.1 Å². The van der Waals surface area contributed by atoms with Gasteiger partial charge < -0.3 is 5.11 Å². The number of aliphatic hydroxyl groups is 1. The Labute approximate surface area is 112 Å². The predicted molar refractivity (Wildman–Crippen MR) is 71.2 cm³/mol. The highest BCUT2D eigenvalue weighted by Gasteiger charge is 2.14. The van der Waals surface area contributed by atoms with Crippen molar-refractivity contribution in [1.82, 2.24) is 10.2 Å². The molecule has 1 atom stereocenters. The fourth-order valence-corrected chi connectivity index (χ4v) is 2.05. The summed E-state index contributed by atoms with van der Waals surface area (Å²) in [6.45, 7) is 3.83. The Bertz CT molecular complexity index is 555. The van der Waals surface area contributed by atoms with Gasteiger partial charge in [-0.1, -0.05) is 19.1 Å². The van der Waals surface area contributed by atoms with Crippen LogP contribution in [0.4, 0.5) is 4.39 Å². The van der Waals surface area contributed by atoms with E-state index in [1.807, 2.05) is 19.9 Å². The van der Waals surface area contributed by atoms with Crippen molar-refractivity contribution in [3.05, 3.63) is 58.7 Å². The number of hydrogen-bond acceptors (Lipinski definition) is 3. The highest BCUT2D eigenvalue weighted by molar-refractivity contribution is 5.26. The van der Waals surface area contributed by atoms with Crippen LogP contribution in [0.3, 0.4) is 0 Å². The lowest BCUT2D eigenvalue weighted by atomic mass is 9.99. The Morgan fingerprint density at radius 1 is 1.21 bits per heavy atom. The molecule has 0 radical (unpaired) electrons. The smallest absolute Gasteiger partial charge is 0.123 e. The monoisotopic (exact) mass is 260 g/mol. The first-order valence-electron chi connectivity index (χ1n) is 6.35. The number of aliphatic hydroxyl groups excluding tert-OH is 1. The summed E-state index contributed by atoms with van der Waals surface area (Å²) in [6.07, 6.45) is 0.524. The Morgan fingerprint density at radius 3 is 2.53 bits per heavy atom. The molecule has 19 heavy (non-hydrogen) atoms. The van der Waals surface area contributed by atoms with Crippen molar-refractivity contribution in [2.75, 3.05) is 0 Å². The zero-order valence-corrected chi connectivity index (χ0v) is 11.1. The number of rotatable bonds is 4. The number of benzene rings is 1. The molecular formula is C15H17FN2O. The van der Waals surface area contributed by atoms with Crippen LogP contribution >= 0.6 is 0 Å².